The van der Waals surface area contributed by atoms with Crippen LogP contribution in [0, 0.1) is 0 Å². The minimum atomic E-state index is -0.686. The molecule has 24 heavy (non-hydrogen) atoms. The van der Waals surface area contributed by atoms with Gasteiger partial charge in [0.25, 0.3) is 5.91 Å². The predicted octanol–water partition coefficient (Wildman–Crippen LogP) is 3.00. The monoisotopic (exact) mass is 341 g/mol. The molecule has 1 aliphatic rings. The van der Waals surface area contributed by atoms with Crippen LogP contribution in [-0.2, 0) is 4.74 Å². The number of ether oxygens (including phenoxy) is 2. The van der Waals surface area contributed by atoms with Crippen LogP contribution in [0.2, 0.25) is 0 Å². The molecule has 0 fully saturated rings. The van der Waals surface area contributed by atoms with E-state index >= 15 is 0 Å². The number of aromatic nitrogens is 2. The Morgan fingerprint density at radius 2 is 2.21 bits per heavy atom. The number of carbonyl (C=O) groups is 1. The van der Waals surface area contributed by atoms with Crippen LogP contribution in [0.15, 0.2) is 41.1 Å². The number of nitrogens with one attached hydrogen (secondary N) is 1. The molecule has 7 heteroatoms. The SMILES string of the molecule is CNC(=O)c1nn(-c2ccsc2)c2c1C(OC)Oc1ccccc1-2. The molecule has 1 unspecified atom stereocenters. The number of para-hydroxylation sites is 1. The topological polar surface area (TPSA) is 65.4 Å². The molecule has 1 atom stereocenters. The van der Waals surface area contributed by atoms with E-state index in [1.54, 1.807) is 30.2 Å². The highest BCUT2D eigenvalue weighted by atomic mass is 32.1. The van der Waals surface area contributed by atoms with Crippen LogP contribution < -0.4 is 10.1 Å². The van der Waals surface area contributed by atoms with E-state index in [4.69, 9.17) is 9.47 Å². The lowest BCUT2D eigenvalue weighted by Crippen LogP contribution is -2.23. The summed E-state index contributed by atoms with van der Waals surface area (Å²) in [6.07, 6.45) is -0.686. The number of hydrogen-bond acceptors (Lipinski definition) is 5. The Morgan fingerprint density at radius 1 is 1.38 bits per heavy atom. The van der Waals surface area contributed by atoms with E-state index in [9.17, 15) is 4.79 Å². The Morgan fingerprint density at radius 3 is 2.92 bits per heavy atom. The smallest absolute Gasteiger partial charge is 0.272 e. The molecule has 0 aliphatic carbocycles. The summed E-state index contributed by atoms with van der Waals surface area (Å²) in [7, 11) is 3.13. The van der Waals surface area contributed by atoms with Gasteiger partial charge >= 0.3 is 0 Å². The van der Waals surface area contributed by atoms with E-state index < -0.39 is 6.29 Å². The quantitative estimate of drug-likeness (QED) is 0.795. The van der Waals surface area contributed by atoms with Gasteiger partial charge in [0, 0.05) is 25.1 Å². The number of benzene rings is 1. The zero-order valence-electron chi connectivity index (χ0n) is 13.1. The Balaban J connectivity index is 2.06. The third-order valence-corrected chi connectivity index (χ3v) is 4.61. The summed E-state index contributed by atoms with van der Waals surface area (Å²) < 4.78 is 13.2. The van der Waals surface area contributed by atoms with Crippen LogP contribution in [0.4, 0.5) is 0 Å². The summed E-state index contributed by atoms with van der Waals surface area (Å²) in [6, 6.07) is 9.64. The fourth-order valence-corrected chi connectivity index (χ4v) is 3.48. The van der Waals surface area contributed by atoms with E-state index in [2.05, 4.69) is 10.4 Å². The van der Waals surface area contributed by atoms with Crippen molar-refractivity contribution in [2.75, 3.05) is 14.2 Å². The van der Waals surface area contributed by atoms with Crippen molar-refractivity contribution < 1.29 is 14.3 Å². The van der Waals surface area contributed by atoms with Crippen molar-refractivity contribution in [3.63, 3.8) is 0 Å². The average molecular weight is 341 g/mol. The number of fused-ring (bicyclic) bond motifs is 3. The normalized spacial score (nSPS) is 15.3. The minimum Gasteiger partial charge on any atom is -0.460 e. The largest absolute Gasteiger partial charge is 0.460 e. The van der Waals surface area contributed by atoms with Crippen molar-refractivity contribution in [1.29, 1.82) is 0 Å². The van der Waals surface area contributed by atoms with Gasteiger partial charge in [0.15, 0.2) is 5.69 Å². The van der Waals surface area contributed by atoms with Crippen molar-refractivity contribution in [3.8, 4) is 22.7 Å². The van der Waals surface area contributed by atoms with Gasteiger partial charge in [-0.05, 0) is 23.6 Å². The molecule has 122 valence electrons. The number of carbonyl (C=O) groups excluding carboxylic acids is 1. The van der Waals surface area contributed by atoms with Crippen LogP contribution in [-0.4, -0.2) is 29.8 Å². The fraction of sp³-hybridized carbons (Fsp3) is 0.176. The Labute approximate surface area is 142 Å². The molecule has 0 saturated carbocycles. The van der Waals surface area contributed by atoms with Gasteiger partial charge < -0.3 is 14.8 Å². The molecule has 3 aromatic rings. The molecular weight excluding hydrogens is 326 g/mol. The first-order valence-corrected chi connectivity index (χ1v) is 8.35. The highest BCUT2D eigenvalue weighted by Crippen LogP contribution is 2.44. The number of rotatable bonds is 3. The number of methoxy groups -OCH3 is 1. The Bertz CT molecular complexity index is 902. The van der Waals surface area contributed by atoms with Crippen LogP contribution in [0.5, 0.6) is 5.75 Å². The van der Waals surface area contributed by atoms with Gasteiger partial charge in [-0.25, -0.2) is 4.68 Å². The number of amides is 1. The van der Waals surface area contributed by atoms with E-state index in [1.165, 1.54) is 0 Å². The lowest BCUT2D eigenvalue weighted by Gasteiger charge is -2.26. The highest BCUT2D eigenvalue weighted by Gasteiger charge is 2.36. The van der Waals surface area contributed by atoms with Crippen molar-refractivity contribution in [2.24, 2.45) is 0 Å². The van der Waals surface area contributed by atoms with E-state index in [-0.39, 0.29) is 5.91 Å². The van der Waals surface area contributed by atoms with Crippen molar-refractivity contribution in [1.82, 2.24) is 15.1 Å². The number of hydrogen-bond donors (Lipinski definition) is 1. The molecule has 6 nitrogen and oxygen atoms in total. The summed E-state index contributed by atoms with van der Waals surface area (Å²) in [5.41, 5.74) is 3.55. The standard InChI is InChI=1S/C17H15N3O3S/c1-18-16(21)14-13-15(20(19-14)10-7-8-24-9-10)11-5-3-4-6-12(11)23-17(13)22-2/h3-9,17H,1-2H3,(H,18,21). The second-order valence-corrected chi connectivity index (χ2v) is 6.05. The molecular formula is C17H15N3O3S. The third kappa shape index (κ3) is 2.13. The minimum absolute atomic E-state index is 0.273. The summed E-state index contributed by atoms with van der Waals surface area (Å²) >= 11 is 1.57. The molecule has 1 amide bonds. The van der Waals surface area contributed by atoms with Gasteiger partial charge in [-0.15, -0.1) is 0 Å². The van der Waals surface area contributed by atoms with Crippen LogP contribution in [0.25, 0.3) is 16.9 Å². The summed E-state index contributed by atoms with van der Waals surface area (Å²) in [5.74, 6) is 0.432. The molecule has 0 spiro atoms. The third-order valence-electron chi connectivity index (χ3n) is 3.94. The van der Waals surface area contributed by atoms with E-state index in [1.807, 2.05) is 41.1 Å². The maximum Gasteiger partial charge on any atom is 0.272 e. The molecule has 3 heterocycles. The Kier molecular flexibility index (Phi) is 3.59. The predicted molar refractivity (Wildman–Crippen MR) is 90.6 cm³/mol. The van der Waals surface area contributed by atoms with Gasteiger partial charge in [-0.3, -0.25) is 4.79 Å². The fourth-order valence-electron chi connectivity index (χ4n) is 2.87. The second kappa shape index (κ2) is 5.77. The summed E-state index contributed by atoms with van der Waals surface area (Å²) in [6.45, 7) is 0. The van der Waals surface area contributed by atoms with Gasteiger partial charge in [0.2, 0.25) is 6.29 Å². The van der Waals surface area contributed by atoms with E-state index in [0.717, 1.165) is 16.9 Å². The first-order chi connectivity index (χ1) is 11.7. The van der Waals surface area contributed by atoms with Crippen LogP contribution in [0.3, 0.4) is 0 Å². The molecule has 0 bridgehead atoms. The lowest BCUT2D eigenvalue weighted by molar-refractivity contribution is -0.0582. The van der Waals surface area contributed by atoms with Crippen molar-refractivity contribution in [3.05, 3.63) is 52.3 Å². The lowest BCUT2D eigenvalue weighted by atomic mass is 10.0. The molecule has 2 aromatic heterocycles. The first kappa shape index (κ1) is 14.9. The molecule has 1 aliphatic heterocycles. The van der Waals surface area contributed by atoms with Gasteiger partial charge in [-0.2, -0.15) is 16.4 Å². The van der Waals surface area contributed by atoms with E-state index in [0.29, 0.717) is 17.0 Å². The van der Waals surface area contributed by atoms with Gasteiger partial charge in [0.1, 0.15) is 5.75 Å². The second-order valence-electron chi connectivity index (χ2n) is 5.27. The van der Waals surface area contributed by atoms with Gasteiger partial charge in [-0.1, -0.05) is 12.1 Å². The highest BCUT2D eigenvalue weighted by molar-refractivity contribution is 7.08. The molecule has 0 saturated heterocycles. The molecule has 0 radical (unpaired) electrons. The molecule has 1 N–H and O–H groups in total. The number of nitrogens with zero attached hydrogens (tertiary/aromatic N) is 2. The maximum atomic E-state index is 12.3. The zero-order valence-corrected chi connectivity index (χ0v) is 14.0. The average Bonchev–Trinajstić information content (AvgIpc) is 3.27. The summed E-state index contributed by atoms with van der Waals surface area (Å²) in [4.78, 5) is 12.3. The van der Waals surface area contributed by atoms with Crippen LogP contribution in [0.1, 0.15) is 22.3 Å². The van der Waals surface area contributed by atoms with Gasteiger partial charge in [0.05, 0.1) is 16.9 Å². The van der Waals surface area contributed by atoms with Crippen LogP contribution >= 0.6 is 11.3 Å². The first-order valence-electron chi connectivity index (χ1n) is 7.41. The van der Waals surface area contributed by atoms with Crippen molar-refractivity contribution in [2.45, 2.75) is 6.29 Å². The Hall–Kier alpha value is -2.64. The summed E-state index contributed by atoms with van der Waals surface area (Å²) in [5, 5.41) is 11.1. The number of thiophene rings is 1. The zero-order chi connectivity index (χ0) is 16.7. The molecule has 1 aromatic carbocycles. The van der Waals surface area contributed by atoms with Crippen molar-refractivity contribution >= 4 is 17.2 Å². The maximum absolute atomic E-state index is 12.3. The molecule has 4 rings (SSSR count).